The van der Waals surface area contributed by atoms with Gasteiger partial charge in [-0.2, -0.15) is 0 Å². The molecule has 0 aliphatic carbocycles. The van der Waals surface area contributed by atoms with Gasteiger partial charge < -0.3 is 19.9 Å². The van der Waals surface area contributed by atoms with Crippen molar-refractivity contribution in [2.24, 2.45) is 0 Å². The predicted octanol–water partition coefficient (Wildman–Crippen LogP) is 0.543. The molecule has 2 aromatic carbocycles. The number of hydrogen-bond acceptors (Lipinski definition) is 2. The SMILES string of the molecule is COc1ccc(C)cc1C[NH+]1CC[NH+](CC(=O)Nc2ccc(C)cc2C)CC1. The summed E-state index contributed by atoms with van der Waals surface area (Å²) in [6, 6.07) is 12.5. The number of ether oxygens (including phenoxy) is 1. The standard InChI is InChI=1S/C23H31N3O2/c1-17-5-7-21(19(3)13-17)24-23(27)16-26-11-9-25(10-12-26)15-20-14-18(2)6-8-22(20)28-4/h5-8,13-14H,9-12,15-16H2,1-4H3,(H,24,27)/p+2. The molecule has 0 radical (unpaired) electrons. The van der Waals surface area contributed by atoms with Crippen LogP contribution < -0.4 is 19.9 Å². The molecule has 5 heteroatoms. The van der Waals surface area contributed by atoms with Crippen LogP contribution in [0.2, 0.25) is 0 Å². The molecule has 0 bridgehead atoms. The van der Waals surface area contributed by atoms with Crippen LogP contribution in [-0.2, 0) is 11.3 Å². The van der Waals surface area contributed by atoms with Crippen LogP contribution in [-0.4, -0.2) is 45.7 Å². The van der Waals surface area contributed by atoms with Crippen molar-refractivity contribution in [2.75, 3.05) is 45.2 Å². The van der Waals surface area contributed by atoms with Crippen LogP contribution in [0.3, 0.4) is 0 Å². The number of carbonyl (C=O) groups excluding carboxylic acids is 1. The van der Waals surface area contributed by atoms with E-state index in [1.54, 1.807) is 12.0 Å². The first-order valence-electron chi connectivity index (χ1n) is 10.1. The Morgan fingerprint density at radius 1 is 0.964 bits per heavy atom. The Balaban J connectivity index is 1.49. The van der Waals surface area contributed by atoms with Crippen molar-refractivity contribution < 1.29 is 19.3 Å². The minimum absolute atomic E-state index is 0.103. The van der Waals surface area contributed by atoms with Crippen molar-refractivity contribution in [3.63, 3.8) is 0 Å². The molecule has 3 rings (SSSR count). The van der Waals surface area contributed by atoms with Crippen molar-refractivity contribution in [1.29, 1.82) is 0 Å². The van der Waals surface area contributed by atoms with E-state index in [1.807, 2.05) is 19.1 Å². The molecule has 2 aromatic rings. The van der Waals surface area contributed by atoms with E-state index in [1.165, 1.54) is 21.6 Å². The highest BCUT2D eigenvalue weighted by Crippen LogP contribution is 2.18. The third kappa shape index (κ3) is 5.33. The zero-order valence-corrected chi connectivity index (χ0v) is 17.5. The number of rotatable bonds is 6. The van der Waals surface area contributed by atoms with Gasteiger partial charge in [0, 0.05) is 11.3 Å². The lowest BCUT2D eigenvalue weighted by Crippen LogP contribution is -3.28. The van der Waals surface area contributed by atoms with E-state index < -0.39 is 0 Å². The Labute approximate surface area is 168 Å². The minimum atomic E-state index is 0.103. The molecule has 3 N–H and O–H groups in total. The molecule has 150 valence electrons. The van der Waals surface area contributed by atoms with Crippen LogP contribution in [0.4, 0.5) is 5.69 Å². The number of nitrogens with one attached hydrogen (secondary N) is 3. The molecule has 1 saturated heterocycles. The first-order valence-corrected chi connectivity index (χ1v) is 10.1. The normalized spacial score (nSPS) is 19.3. The van der Waals surface area contributed by atoms with E-state index in [2.05, 4.69) is 43.4 Å². The third-order valence-corrected chi connectivity index (χ3v) is 5.61. The van der Waals surface area contributed by atoms with E-state index in [4.69, 9.17) is 4.74 Å². The lowest BCUT2D eigenvalue weighted by Gasteiger charge is -2.29. The fourth-order valence-corrected chi connectivity index (χ4v) is 4.00. The van der Waals surface area contributed by atoms with Crippen LogP contribution in [0.5, 0.6) is 5.75 Å². The summed E-state index contributed by atoms with van der Waals surface area (Å²) in [6.45, 7) is 11.9. The summed E-state index contributed by atoms with van der Waals surface area (Å²) >= 11 is 0. The second-order valence-electron chi connectivity index (χ2n) is 8.04. The number of quaternary nitrogens is 2. The molecule has 1 amide bonds. The Hall–Kier alpha value is -2.37. The topological polar surface area (TPSA) is 47.2 Å². The van der Waals surface area contributed by atoms with Gasteiger partial charge in [0.2, 0.25) is 0 Å². The summed E-state index contributed by atoms with van der Waals surface area (Å²) in [5.74, 6) is 1.08. The molecule has 5 nitrogen and oxygen atoms in total. The number of aryl methyl sites for hydroxylation is 3. The summed E-state index contributed by atoms with van der Waals surface area (Å²) in [4.78, 5) is 15.4. The fraction of sp³-hybridized carbons (Fsp3) is 0.435. The summed E-state index contributed by atoms with van der Waals surface area (Å²) < 4.78 is 5.52. The molecule has 0 unspecified atom stereocenters. The Morgan fingerprint density at radius 2 is 1.61 bits per heavy atom. The molecule has 28 heavy (non-hydrogen) atoms. The zero-order chi connectivity index (χ0) is 20.1. The maximum Gasteiger partial charge on any atom is 0.279 e. The van der Waals surface area contributed by atoms with Gasteiger partial charge >= 0.3 is 0 Å². The van der Waals surface area contributed by atoms with Crippen molar-refractivity contribution in [3.8, 4) is 5.75 Å². The average molecular weight is 384 g/mol. The lowest BCUT2D eigenvalue weighted by molar-refractivity contribution is -1.02. The molecule has 0 spiro atoms. The number of hydrogen-bond donors (Lipinski definition) is 3. The molecular weight excluding hydrogens is 350 g/mol. The van der Waals surface area contributed by atoms with E-state index in [0.717, 1.165) is 49.7 Å². The summed E-state index contributed by atoms with van der Waals surface area (Å²) in [7, 11) is 1.74. The minimum Gasteiger partial charge on any atom is -0.496 e. The molecule has 0 atom stereocenters. The van der Waals surface area contributed by atoms with Crippen LogP contribution in [0, 0.1) is 20.8 Å². The third-order valence-electron chi connectivity index (χ3n) is 5.61. The maximum absolute atomic E-state index is 12.5. The van der Waals surface area contributed by atoms with E-state index in [-0.39, 0.29) is 5.91 Å². The first-order chi connectivity index (χ1) is 13.4. The maximum atomic E-state index is 12.5. The van der Waals surface area contributed by atoms with Crippen molar-refractivity contribution >= 4 is 11.6 Å². The fourth-order valence-electron chi connectivity index (χ4n) is 4.00. The second-order valence-corrected chi connectivity index (χ2v) is 8.04. The Bertz CT molecular complexity index is 827. The number of carbonyl (C=O) groups is 1. The Morgan fingerprint density at radius 3 is 2.29 bits per heavy atom. The number of benzene rings is 2. The van der Waals surface area contributed by atoms with E-state index in [0.29, 0.717) is 6.54 Å². The van der Waals surface area contributed by atoms with Gasteiger partial charge in [0.15, 0.2) is 6.54 Å². The number of piperazine rings is 1. The van der Waals surface area contributed by atoms with Gasteiger partial charge in [0.25, 0.3) is 5.91 Å². The highest BCUT2D eigenvalue weighted by molar-refractivity contribution is 5.92. The van der Waals surface area contributed by atoms with Crippen LogP contribution in [0.1, 0.15) is 22.3 Å². The van der Waals surface area contributed by atoms with Gasteiger partial charge in [-0.3, -0.25) is 4.79 Å². The lowest BCUT2D eigenvalue weighted by atomic mass is 10.1. The summed E-state index contributed by atoms with van der Waals surface area (Å²) in [6.07, 6.45) is 0. The molecule has 1 aliphatic rings. The number of methoxy groups -OCH3 is 1. The monoisotopic (exact) mass is 383 g/mol. The Kier molecular flexibility index (Phi) is 6.70. The number of anilines is 1. The average Bonchev–Trinajstić information content (AvgIpc) is 2.66. The number of amides is 1. The van der Waals surface area contributed by atoms with Gasteiger partial charge in [-0.05, 0) is 44.5 Å². The van der Waals surface area contributed by atoms with Gasteiger partial charge in [-0.25, -0.2) is 0 Å². The highest BCUT2D eigenvalue weighted by Gasteiger charge is 2.25. The van der Waals surface area contributed by atoms with Crippen LogP contribution >= 0.6 is 0 Å². The van der Waals surface area contributed by atoms with Gasteiger partial charge in [-0.1, -0.05) is 29.3 Å². The van der Waals surface area contributed by atoms with Crippen molar-refractivity contribution in [3.05, 3.63) is 58.7 Å². The van der Waals surface area contributed by atoms with Crippen LogP contribution in [0.15, 0.2) is 36.4 Å². The van der Waals surface area contributed by atoms with E-state index >= 15 is 0 Å². The molecule has 0 saturated carbocycles. The van der Waals surface area contributed by atoms with Gasteiger partial charge in [0.1, 0.15) is 38.5 Å². The van der Waals surface area contributed by atoms with Crippen molar-refractivity contribution in [2.45, 2.75) is 27.3 Å². The van der Waals surface area contributed by atoms with E-state index in [9.17, 15) is 4.79 Å². The predicted molar refractivity (Wildman–Crippen MR) is 112 cm³/mol. The molecule has 1 fully saturated rings. The van der Waals surface area contributed by atoms with Crippen LogP contribution in [0.25, 0.3) is 0 Å². The summed E-state index contributed by atoms with van der Waals surface area (Å²) in [5.41, 5.74) is 5.79. The molecule has 1 heterocycles. The van der Waals surface area contributed by atoms with Gasteiger partial charge in [-0.15, -0.1) is 0 Å². The quantitative estimate of drug-likeness (QED) is 0.682. The molecular formula is C23H33N3O2+2. The summed E-state index contributed by atoms with van der Waals surface area (Å²) in [5, 5.41) is 3.07. The highest BCUT2D eigenvalue weighted by atomic mass is 16.5. The second kappa shape index (κ2) is 9.22. The van der Waals surface area contributed by atoms with Crippen molar-refractivity contribution in [1.82, 2.24) is 0 Å². The molecule has 1 aliphatic heterocycles. The first kappa shape index (κ1) is 20.4. The molecule has 0 aromatic heterocycles. The van der Waals surface area contributed by atoms with Gasteiger partial charge in [0.05, 0.1) is 7.11 Å². The smallest absolute Gasteiger partial charge is 0.279 e. The largest absolute Gasteiger partial charge is 0.496 e. The zero-order valence-electron chi connectivity index (χ0n) is 17.5.